The number of rotatable bonds is 9. The third-order valence-electron chi connectivity index (χ3n) is 5.38. The van der Waals surface area contributed by atoms with Crippen molar-refractivity contribution in [2.24, 2.45) is 0 Å². The summed E-state index contributed by atoms with van der Waals surface area (Å²) in [6.07, 6.45) is 1.88. The van der Waals surface area contributed by atoms with Crippen molar-refractivity contribution in [3.8, 4) is 11.5 Å². The number of fused-ring (bicyclic) bond motifs is 1. The lowest BCUT2D eigenvalue weighted by Gasteiger charge is -2.35. The summed E-state index contributed by atoms with van der Waals surface area (Å²) in [5, 5.41) is 21.7. The number of carboxylic acids is 2. The van der Waals surface area contributed by atoms with E-state index in [9.17, 15) is 22.8 Å². The largest absolute Gasteiger partial charge is 0.493 e. The molecule has 202 valence electrons. The zero-order valence-corrected chi connectivity index (χ0v) is 22.2. The van der Waals surface area contributed by atoms with Crippen molar-refractivity contribution < 1.29 is 46.7 Å². The van der Waals surface area contributed by atoms with Crippen LogP contribution in [0, 0.1) is 0 Å². The van der Waals surface area contributed by atoms with Crippen LogP contribution in [0.3, 0.4) is 0 Å². The molecule has 0 saturated heterocycles. The zero-order chi connectivity index (χ0) is 27.9. The molecule has 0 aromatic heterocycles. The predicted octanol–water partition coefficient (Wildman–Crippen LogP) is 1.33. The molecule has 1 heterocycles. The van der Waals surface area contributed by atoms with Gasteiger partial charge in [-0.1, -0.05) is 0 Å². The van der Waals surface area contributed by atoms with Crippen LogP contribution in [0.5, 0.6) is 11.5 Å². The minimum Gasteiger partial charge on any atom is -0.493 e. The van der Waals surface area contributed by atoms with Gasteiger partial charge in [-0.25, -0.2) is 13.8 Å². The summed E-state index contributed by atoms with van der Waals surface area (Å²) in [6, 6.07) is 2.76. The van der Waals surface area contributed by atoms with E-state index in [0.29, 0.717) is 29.9 Å². The minimum atomic E-state index is -4.14. The smallest absolute Gasteiger partial charge is 0.328 e. The Morgan fingerprint density at radius 3 is 2.08 bits per heavy atom. The Hall–Kier alpha value is -3.16. The Morgan fingerprint density at radius 1 is 1.14 bits per heavy atom. The first-order valence-corrected chi connectivity index (χ1v) is 12.3. The van der Waals surface area contributed by atoms with Crippen LogP contribution in [0.25, 0.3) is 0 Å². The number of carbonyl (C=O) groups excluding carboxylic acids is 1. The SMILES string of the molecule is CNC(C)(C)CC(C)NC(=O)C1(C)Cc2cc(OC)c(OC)cc2S(=O)(=O)O1.O=C(O)/C=C/C(=O)O. The number of carboxylic acid groups (broad SMARTS) is 2. The quantitative estimate of drug-likeness (QED) is 0.267. The number of nitrogens with one attached hydrogen (secondary N) is 2. The van der Waals surface area contributed by atoms with Crippen LogP contribution in [-0.4, -0.2) is 74.9 Å². The third kappa shape index (κ3) is 8.50. The molecule has 12 nitrogen and oxygen atoms in total. The first-order chi connectivity index (χ1) is 16.5. The van der Waals surface area contributed by atoms with E-state index in [1.165, 1.54) is 27.2 Å². The van der Waals surface area contributed by atoms with E-state index in [1.54, 1.807) is 6.07 Å². The van der Waals surface area contributed by atoms with Gasteiger partial charge in [-0.15, -0.1) is 0 Å². The van der Waals surface area contributed by atoms with Gasteiger partial charge in [0.25, 0.3) is 16.0 Å². The second-order valence-corrected chi connectivity index (χ2v) is 10.5. The standard InChI is InChI=1S/C19H30N2O6S.C4H4O4/c1-12(10-18(2,3)20-5)21-17(22)19(4)11-13-8-14(25-6)15(26-7)9-16(13)28(23,24)27-19;5-3(6)1-2-4(7)8/h8-9,12,20H,10-11H2,1-7H3,(H,21,22);1-2H,(H,5,6)(H,7,8)/b;2-1+. The third-order valence-corrected chi connectivity index (χ3v) is 6.88. The van der Waals surface area contributed by atoms with E-state index in [2.05, 4.69) is 10.6 Å². The van der Waals surface area contributed by atoms with E-state index in [0.717, 1.165) is 0 Å². The number of ether oxygens (including phenoxy) is 2. The van der Waals surface area contributed by atoms with E-state index in [-0.39, 0.29) is 28.6 Å². The first-order valence-electron chi connectivity index (χ1n) is 10.8. The number of carbonyl (C=O) groups is 3. The molecule has 1 aliphatic heterocycles. The van der Waals surface area contributed by atoms with Gasteiger partial charge in [0, 0.05) is 36.2 Å². The number of amides is 1. The lowest BCUT2D eigenvalue weighted by molar-refractivity contribution is -0.136. The molecule has 2 unspecified atom stereocenters. The summed E-state index contributed by atoms with van der Waals surface area (Å²) in [5.41, 5.74) is -1.28. The number of hydrogen-bond donors (Lipinski definition) is 4. The second-order valence-electron chi connectivity index (χ2n) is 8.98. The van der Waals surface area contributed by atoms with Crippen LogP contribution in [0.15, 0.2) is 29.2 Å². The zero-order valence-electron chi connectivity index (χ0n) is 21.4. The Bertz CT molecular complexity index is 1100. The number of aliphatic carboxylic acids is 2. The van der Waals surface area contributed by atoms with Crippen LogP contribution >= 0.6 is 0 Å². The summed E-state index contributed by atoms with van der Waals surface area (Å²) >= 11 is 0. The molecule has 13 heteroatoms. The van der Waals surface area contributed by atoms with Gasteiger partial charge < -0.3 is 30.3 Å². The van der Waals surface area contributed by atoms with E-state index < -0.39 is 33.6 Å². The molecule has 1 aliphatic rings. The van der Waals surface area contributed by atoms with Crippen molar-refractivity contribution in [1.29, 1.82) is 0 Å². The topological polar surface area (TPSA) is 178 Å². The van der Waals surface area contributed by atoms with Crippen LogP contribution in [0.4, 0.5) is 0 Å². The van der Waals surface area contributed by atoms with E-state index in [4.69, 9.17) is 23.9 Å². The van der Waals surface area contributed by atoms with Crippen molar-refractivity contribution in [3.63, 3.8) is 0 Å². The maximum Gasteiger partial charge on any atom is 0.328 e. The van der Waals surface area contributed by atoms with Crippen molar-refractivity contribution >= 4 is 28.0 Å². The maximum absolute atomic E-state index is 12.9. The van der Waals surface area contributed by atoms with Gasteiger partial charge in [0.2, 0.25) is 0 Å². The average Bonchev–Trinajstić information content (AvgIpc) is 2.76. The van der Waals surface area contributed by atoms with Crippen LogP contribution in [-0.2, 0) is 35.1 Å². The molecule has 0 radical (unpaired) electrons. The monoisotopic (exact) mass is 530 g/mol. The van der Waals surface area contributed by atoms with Gasteiger partial charge >= 0.3 is 11.9 Å². The second kappa shape index (κ2) is 12.2. The molecular weight excluding hydrogens is 496 g/mol. The fourth-order valence-corrected chi connectivity index (χ4v) is 4.92. The fraction of sp³-hybridized carbons (Fsp3) is 0.522. The maximum atomic E-state index is 12.9. The molecule has 1 amide bonds. The van der Waals surface area contributed by atoms with Crippen LogP contribution in [0.1, 0.15) is 39.7 Å². The van der Waals surface area contributed by atoms with Gasteiger partial charge in [-0.3, -0.25) is 4.79 Å². The molecule has 4 N–H and O–H groups in total. The van der Waals surface area contributed by atoms with Gasteiger partial charge in [0.05, 0.1) is 14.2 Å². The van der Waals surface area contributed by atoms with E-state index >= 15 is 0 Å². The van der Waals surface area contributed by atoms with Gasteiger partial charge in [0.15, 0.2) is 17.1 Å². The van der Waals surface area contributed by atoms with E-state index in [1.807, 2.05) is 27.8 Å². The molecule has 2 atom stereocenters. The van der Waals surface area contributed by atoms with Crippen molar-refractivity contribution in [3.05, 3.63) is 29.8 Å². The molecule has 1 aromatic rings. The lowest BCUT2D eigenvalue weighted by atomic mass is 9.93. The summed E-state index contributed by atoms with van der Waals surface area (Å²) in [7, 11) is 0.606. The molecule has 0 fully saturated rings. The summed E-state index contributed by atoms with van der Waals surface area (Å²) in [6.45, 7) is 7.40. The first kappa shape index (κ1) is 30.9. The van der Waals surface area contributed by atoms with Gasteiger partial charge in [0.1, 0.15) is 4.90 Å². The molecule has 0 aliphatic carbocycles. The summed E-state index contributed by atoms with van der Waals surface area (Å²) in [5.74, 6) is -2.31. The molecule has 36 heavy (non-hydrogen) atoms. The van der Waals surface area contributed by atoms with Crippen molar-refractivity contribution in [1.82, 2.24) is 10.6 Å². The highest BCUT2D eigenvalue weighted by Gasteiger charge is 2.46. The Kier molecular flexibility index (Phi) is 10.5. The Labute approximate surface area is 210 Å². The summed E-state index contributed by atoms with van der Waals surface area (Å²) in [4.78, 5) is 32.0. The van der Waals surface area contributed by atoms with Gasteiger partial charge in [-0.05, 0) is 52.8 Å². The highest BCUT2D eigenvalue weighted by molar-refractivity contribution is 7.87. The normalized spacial score (nSPS) is 19.3. The molecule has 0 spiro atoms. The fourth-order valence-electron chi connectivity index (χ4n) is 3.51. The minimum absolute atomic E-state index is 0.0141. The van der Waals surface area contributed by atoms with Crippen LogP contribution in [0.2, 0.25) is 0 Å². The number of methoxy groups -OCH3 is 2. The average molecular weight is 531 g/mol. The highest BCUT2D eigenvalue weighted by Crippen LogP contribution is 2.40. The van der Waals surface area contributed by atoms with Crippen LogP contribution < -0.4 is 20.1 Å². The Morgan fingerprint density at radius 2 is 1.64 bits per heavy atom. The molecule has 0 saturated carbocycles. The molecule has 0 bridgehead atoms. The van der Waals surface area contributed by atoms with Gasteiger partial charge in [-0.2, -0.15) is 8.42 Å². The molecule has 2 rings (SSSR count). The van der Waals surface area contributed by atoms with Crippen molar-refractivity contribution in [2.75, 3.05) is 21.3 Å². The Balaban J connectivity index is 0.000000697. The summed E-state index contributed by atoms with van der Waals surface area (Å²) < 4.78 is 41.2. The predicted molar refractivity (Wildman–Crippen MR) is 130 cm³/mol. The van der Waals surface area contributed by atoms with Crippen molar-refractivity contribution in [2.45, 2.75) is 62.6 Å². The number of benzene rings is 1. The molecule has 1 aromatic carbocycles. The lowest BCUT2D eigenvalue weighted by Crippen LogP contribution is -2.54. The highest BCUT2D eigenvalue weighted by atomic mass is 32.2. The molecular formula is C23H34N2O10S. The number of hydrogen-bond acceptors (Lipinski definition) is 9.